The molecule has 1 aliphatic heterocycles. The fraction of sp³-hybridized carbons (Fsp3) is 0.375. The Kier molecular flexibility index (Phi) is 3.73. The Bertz CT molecular complexity index is 652. The van der Waals surface area contributed by atoms with Crippen molar-refractivity contribution in [2.75, 3.05) is 6.54 Å². The van der Waals surface area contributed by atoms with E-state index >= 15 is 0 Å². The molecule has 110 valence electrons. The lowest BCUT2D eigenvalue weighted by Crippen LogP contribution is -2.39. The average molecular weight is 287 g/mol. The van der Waals surface area contributed by atoms with Gasteiger partial charge in [0, 0.05) is 13.6 Å². The van der Waals surface area contributed by atoms with Crippen molar-refractivity contribution in [3.63, 3.8) is 0 Å². The first-order valence-corrected chi connectivity index (χ1v) is 7.19. The van der Waals surface area contributed by atoms with Gasteiger partial charge in [0.25, 0.3) is 5.91 Å². The third-order valence-electron chi connectivity index (χ3n) is 4.03. The van der Waals surface area contributed by atoms with Crippen molar-refractivity contribution in [2.24, 2.45) is 7.05 Å². The van der Waals surface area contributed by atoms with Gasteiger partial charge in [0.05, 0.1) is 18.6 Å². The molecule has 2 aromatic rings. The second kappa shape index (κ2) is 5.68. The molecule has 1 saturated heterocycles. The molecule has 0 N–H and O–H groups in total. The SMILES string of the molecule is Cn1cncc1C(=O)N1CCCC[C@H]1c1cccc(F)c1. The molecule has 21 heavy (non-hydrogen) atoms. The summed E-state index contributed by atoms with van der Waals surface area (Å²) in [6.45, 7) is 0.700. The van der Waals surface area contributed by atoms with Gasteiger partial charge in [0.2, 0.25) is 0 Å². The van der Waals surface area contributed by atoms with Crippen molar-refractivity contribution in [1.82, 2.24) is 14.5 Å². The van der Waals surface area contributed by atoms with E-state index in [4.69, 9.17) is 0 Å². The van der Waals surface area contributed by atoms with Gasteiger partial charge in [-0.25, -0.2) is 9.37 Å². The van der Waals surface area contributed by atoms with E-state index < -0.39 is 0 Å². The van der Waals surface area contributed by atoms with Crippen LogP contribution in [0.25, 0.3) is 0 Å². The number of hydrogen-bond acceptors (Lipinski definition) is 2. The third-order valence-corrected chi connectivity index (χ3v) is 4.03. The van der Waals surface area contributed by atoms with Crippen LogP contribution in [0.5, 0.6) is 0 Å². The van der Waals surface area contributed by atoms with Gasteiger partial charge in [-0.15, -0.1) is 0 Å². The molecule has 0 radical (unpaired) electrons. The van der Waals surface area contributed by atoms with Crippen LogP contribution in [0.2, 0.25) is 0 Å². The lowest BCUT2D eigenvalue weighted by Gasteiger charge is -2.36. The summed E-state index contributed by atoms with van der Waals surface area (Å²) in [6.07, 6.45) is 6.10. The van der Waals surface area contributed by atoms with Gasteiger partial charge in [-0.1, -0.05) is 12.1 Å². The van der Waals surface area contributed by atoms with Crippen LogP contribution in [0.3, 0.4) is 0 Å². The van der Waals surface area contributed by atoms with Crippen LogP contribution < -0.4 is 0 Å². The summed E-state index contributed by atoms with van der Waals surface area (Å²) in [6, 6.07) is 6.49. The predicted octanol–water partition coefficient (Wildman–Crippen LogP) is 2.93. The molecule has 0 saturated carbocycles. The van der Waals surface area contributed by atoms with Gasteiger partial charge in [-0.2, -0.15) is 0 Å². The van der Waals surface area contributed by atoms with E-state index in [9.17, 15) is 9.18 Å². The maximum atomic E-state index is 13.5. The summed E-state index contributed by atoms with van der Waals surface area (Å²) in [4.78, 5) is 18.6. The van der Waals surface area contributed by atoms with Crippen molar-refractivity contribution >= 4 is 5.91 Å². The van der Waals surface area contributed by atoms with Gasteiger partial charge in [-0.3, -0.25) is 4.79 Å². The highest BCUT2D eigenvalue weighted by atomic mass is 19.1. The number of carbonyl (C=O) groups is 1. The molecule has 2 heterocycles. The molecular weight excluding hydrogens is 269 g/mol. The number of piperidine rings is 1. The topological polar surface area (TPSA) is 38.1 Å². The van der Waals surface area contributed by atoms with Crippen molar-refractivity contribution in [3.05, 3.63) is 53.9 Å². The zero-order valence-corrected chi connectivity index (χ0v) is 12.0. The molecule has 1 amide bonds. The number of nitrogens with zero attached hydrogens (tertiary/aromatic N) is 3. The predicted molar refractivity (Wildman–Crippen MR) is 77.2 cm³/mol. The van der Waals surface area contributed by atoms with E-state index in [1.54, 1.807) is 30.2 Å². The van der Waals surface area contributed by atoms with Crippen molar-refractivity contribution in [3.8, 4) is 0 Å². The van der Waals surface area contributed by atoms with Gasteiger partial charge < -0.3 is 9.47 Å². The van der Waals surface area contributed by atoms with Crippen molar-refractivity contribution in [1.29, 1.82) is 0 Å². The zero-order chi connectivity index (χ0) is 14.8. The minimum atomic E-state index is -0.258. The number of amides is 1. The van der Waals surface area contributed by atoms with Gasteiger partial charge >= 0.3 is 0 Å². The highest BCUT2D eigenvalue weighted by Gasteiger charge is 2.30. The maximum absolute atomic E-state index is 13.5. The average Bonchev–Trinajstić information content (AvgIpc) is 2.93. The fourth-order valence-corrected chi connectivity index (χ4v) is 2.95. The van der Waals surface area contributed by atoms with Gasteiger partial charge in [0.1, 0.15) is 11.5 Å². The van der Waals surface area contributed by atoms with Crippen LogP contribution in [0.15, 0.2) is 36.8 Å². The number of carbonyl (C=O) groups excluding carboxylic acids is 1. The van der Waals surface area contributed by atoms with Crippen LogP contribution in [0.1, 0.15) is 41.4 Å². The number of aryl methyl sites for hydroxylation is 1. The Morgan fingerprint density at radius 1 is 1.38 bits per heavy atom. The monoisotopic (exact) mass is 287 g/mol. The van der Waals surface area contributed by atoms with Crippen LogP contribution in [0, 0.1) is 5.82 Å². The molecule has 4 nitrogen and oxygen atoms in total. The maximum Gasteiger partial charge on any atom is 0.272 e. The standard InChI is InChI=1S/C16H18FN3O/c1-19-11-18-10-15(19)16(21)20-8-3-2-7-14(20)12-5-4-6-13(17)9-12/h4-6,9-11,14H,2-3,7-8H2,1H3/t14-/m0/s1. The molecule has 1 fully saturated rings. The summed E-state index contributed by atoms with van der Waals surface area (Å²) in [5.74, 6) is -0.296. The van der Waals surface area contributed by atoms with E-state index in [0.717, 1.165) is 24.8 Å². The number of benzene rings is 1. The first-order chi connectivity index (χ1) is 10.2. The molecular formula is C16H18FN3O. The molecule has 1 aromatic heterocycles. The van der Waals surface area contributed by atoms with E-state index in [2.05, 4.69) is 4.98 Å². The lowest BCUT2D eigenvalue weighted by atomic mass is 9.95. The molecule has 0 unspecified atom stereocenters. The summed E-state index contributed by atoms with van der Waals surface area (Å²) in [5.41, 5.74) is 1.43. The number of halogens is 1. The molecule has 3 rings (SSSR count). The highest BCUT2D eigenvalue weighted by molar-refractivity contribution is 5.92. The van der Waals surface area contributed by atoms with E-state index in [1.165, 1.54) is 12.1 Å². The number of rotatable bonds is 2. The molecule has 0 spiro atoms. The first-order valence-electron chi connectivity index (χ1n) is 7.19. The normalized spacial score (nSPS) is 18.8. The largest absolute Gasteiger partial charge is 0.330 e. The second-order valence-corrected chi connectivity index (χ2v) is 5.45. The Labute approximate surface area is 123 Å². The molecule has 0 bridgehead atoms. The Hall–Kier alpha value is -2.17. The summed E-state index contributed by atoms with van der Waals surface area (Å²) in [5, 5.41) is 0. The van der Waals surface area contributed by atoms with Crippen LogP contribution >= 0.6 is 0 Å². The van der Waals surface area contributed by atoms with Crippen LogP contribution in [-0.4, -0.2) is 26.9 Å². The minimum Gasteiger partial charge on any atom is -0.330 e. The van der Waals surface area contributed by atoms with E-state index in [1.807, 2.05) is 11.0 Å². The zero-order valence-electron chi connectivity index (χ0n) is 12.0. The smallest absolute Gasteiger partial charge is 0.272 e. The van der Waals surface area contributed by atoms with Gasteiger partial charge in [-0.05, 0) is 37.0 Å². The Morgan fingerprint density at radius 3 is 2.95 bits per heavy atom. The number of aromatic nitrogens is 2. The summed E-state index contributed by atoms with van der Waals surface area (Å²) in [7, 11) is 1.81. The highest BCUT2D eigenvalue weighted by Crippen LogP contribution is 2.32. The second-order valence-electron chi connectivity index (χ2n) is 5.45. The van der Waals surface area contributed by atoms with Gasteiger partial charge in [0.15, 0.2) is 0 Å². The minimum absolute atomic E-state index is 0.0380. The van der Waals surface area contributed by atoms with E-state index in [-0.39, 0.29) is 17.8 Å². The Balaban J connectivity index is 1.92. The first kappa shape index (κ1) is 13.8. The van der Waals surface area contributed by atoms with Crippen LogP contribution in [-0.2, 0) is 7.05 Å². The lowest BCUT2D eigenvalue weighted by molar-refractivity contribution is 0.0601. The number of imidazole rings is 1. The summed E-state index contributed by atoms with van der Waals surface area (Å²) >= 11 is 0. The molecule has 5 heteroatoms. The molecule has 1 aromatic carbocycles. The van der Waals surface area contributed by atoms with Crippen LogP contribution in [0.4, 0.5) is 4.39 Å². The molecule has 0 aliphatic carbocycles. The van der Waals surface area contributed by atoms with Crippen molar-refractivity contribution < 1.29 is 9.18 Å². The van der Waals surface area contributed by atoms with Crippen molar-refractivity contribution in [2.45, 2.75) is 25.3 Å². The number of hydrogen-bond donors (Lipinski definition) is 0. The fourth-order valence-electron chi connectivity index (χ4n) is 2.95. The molecule has 1 aliphatic rings. The van der Waals surface area contributed by atoms with E-state index in [0.29, 0.717) is 12.2 Å². The quantitative estimate of drug-likeness (QED) is 0.851. The third kappa shape index (κ3) is 2.68. The molecule has 1 atom stereocenters. The number of likely N-dealkylation sites (tertiary alicyclic amines) is 1. The summed E-state index contributed by atoms with van der Waals surface area (Å²) < 4.78 is 15.2. The Morgan fingerprint density at radius 2 is 2.24 bits per heavy atom.